The molecule has 0 aliphatic heterocycles. The molecule has 0 heterocycles. The van der Waals surface area contributed by atoms with E-state index in [0.717, 1.165) is 5.75 Å². The summed E-state index contributed by atoms with van der Waals surface area (Å²) in [6, 6.07) is 10.0. The predicted octanol–water partition coefficient (Wildman–Crippen LogP) is 2.54. The van der Waals surface area contributed by atoms with Gasteiger partial charge in [0.15, 0.2) is 0 Å². The summed E-state index contributed by atoms with van der Waals surface area (Å²) in [6.45, 7) is 0.636. The first-order chi connectivity index (χ1) is 9.18. The molecule has 0 unspecified atom stereocenters. The van der Waals surface area contributed by atoms with E-state index in [9.17, 15) is 9.59 Å². The summed E-state index contributed by atoms with van der Waals surface area (Å²) in [5, 5.41) is 11.3. The third kappa shape index (κ3) is 8.26. The molecular weight excluding hydrogens is 262 g/mol. The average molecular weight is 281 g/mol. The number of benzene rings is 1. The van der Waals surface area contributed by atoms with Crippen LogP contribution in [0.5, 0.6) is 0 Å². The van der Waals surface area contributed by atoms with Crippen LogP contribution in [0.1, 0.15) is 25.7 Å². The Labute approximate surface area is 117 Å². The molecule has 1 aromatic rings. The van der Waals surface area contributed by atoms with Gasteiger partial charge in [-0.05, 0) is 25.0 Å². The summed E-state index contributed by atoms with van der Waals surface area (Å²) in [4.78, 5) is 22.9. The van der Waals surface area contributed by atoms with E-state index >= 15 is 0 Å². The van der Waals surface area contributed by atoms with E-state index in [2.05, 4.69) is 5.32 Å². The second-order valence-corrected chi connectivity index (χ2v) is 5.28. The van der Waals surface area contributed by atoms with Crippen molar-refractivity contribution in [3.8, 4) is 0 Å². The molecule has 4 nitrogen and oxygen atoms in total. The van der Waals surface area contributed by atoms with Crippen molar-refractivity contribution in [2.75, 3.05) is 12.3 Å². The van der Waals surface area contributed by atoms with Crippen molar-refractivity contribution in [3.63, 3.8) is 0 Å². The number of carbonyl (C=O) groups excluding carboxylic acids is 1. The van der Waals surface area contributed by atoms with E-state index in [1.807, 2.05) is 30.3 Å². The van der Waals surface area contributed by atoms with E-state index in [1.54, 1.807) is 11.8 Å². The lowest BCUT2D eigenvalue weighted by atomic mass is 10.2. The topological polar surface area (TPSA) is 66.4 Å². The number of carbonyl (C=O) groups is 2. The molecule has 0 atom stereocenters. The molecule has 0 spiro atoms. The minimum absolute atomic E-state index is 0.000879. The van der Waals surface area contributed by atoms with Crippen molar-refractivity contribution in [1.29, 1.82) is 0 Å². The number of aliphatic carboxylic acids is 1. The zero-order chi connectivity index (χ0) is 13.9. The average Bonchev–Trinajstić information content (AvgIpc) is 2.41. The molecule has 0 aliphatic rings. The van der Waals surface area contributed by atoms with E-state index in [0.29, 0.717) is 25.8 Å². The molecule has 2 N–H and O–H groups in total. The van der Waals surface area contributed by atoms with Gasteiger partial charge in [0.25, 0.3) is 0 Å². The van der Waals surface area contributed by atoms with E-state index in [1.165, 1.54) is 4.90 Å². The number of amides is 1. The fraction of sp³-hybridized carbons (Fsp3) is 0.429. The van der Waals surface area contributed by atoms with Gasteiger partial charge < -0.3 is 10.4 Å². The summed E-state index contributed by atoms with van der Waals surface area (Å²) >= 11 is 1.70. The van der Waals surface area contributed by atoms with Crippen LogP contribution in [0.15, 0.2) is 35.2 Å². The van der Waals surface area contributed by atoms with Crippen molar-refractivity contribution < 1.29 is 14.7 Å². The molecule has 104 valence electrons. The van der Waals surface area contributed by atoms with Crippen LogP contribution < -0.4 is 5.32 Å². The highest BCUT2D eigenvalue weighted by Gasteiger charge is 2.02. The molecule has 19 heavy (non-hydrogen) atoms. The first kappa shape index (κ1) is 15.6. The van der Waals surface area contributed by atoms with Gasteiger partial charge in [-0.1, -0.05) is 18.2 Å². The maximum atomic E-state index is 11.4. The maximum absolute atomic E-state index is 11.4. The Kier molecular flexibility index (Phi) is 7.74. The Hall–Kier alpha value is -1.49. The smallest absolute Gasteiger partial charge is 0.303 e. The van der Waals surface area contributed by atoms with E-state index in [-0.39, 0.29) is 12.3 Å². The second-order valence-electron chi connectivity index (χ2n) is 4.11. The number of nitrogens with one attached hydrogen (secondary N) is 1. The summed E-state index contributed by atoms with van der Waals surface area (Å²) < 4.78 is 0. The lowest BCUT2D eigenvalue weighted by Crippen LogP contribution is -2.25. The van der Waals surface area contributed by atoms with Gasteiger partial charge in [-0.25, -0.2) is 0 Å². The zero-order valence-electron chi connectivity index (χ0n) is 10.8. The monoisotopic (exact) mass is 281 g/mol. The maximum Gasteiger partial charge on any atom is 0.303 e. The van der Waals surface area contributed by atoms with Gasteiger partial charge in [-0.3, -0.25) is 9.59 Å². The number of hydrogen-bond donors (Lipinski definition) is 2. The fourth-order valence-electron chi connectivity index (χ4n) is 1.53. The van der Waals surface area contributed by atoms with Crippen LogP contribution in [0.3, 0.4) is 0 Å². The molecule has 5 heteroatoms. The molecule has 0 aliphatic carbocycles. The van der Waals surface area contributed by atoms with Gasteiger partial charge in [-0.15, -0.1) is 11.8 Å². The lowest BCUT2D eigenvalue weighted by molar-refractivity contribution is -0.137. The molecular formula is C14H19NO3S. The van der Waals surface area contributed by atoms with Crippen molar-refractivity contribution in [3.05, 3.63) is 30.3 Å². The highest BCUT2D eigenvalue weighted by Crippen LogP contribution is 2.15. The Morgan fingerprint density at radius 2 is 1.79 bits per heavy atom. The highest BCUT2D eigenvalue weighted by molar-refractivity contribution is 7.99. The Morgan fingerprint density at radius 3 is 2.47 bits per heavy atom. The van der Waals surface area contributed by atoms with Gasteiger partial charge in [0.05, 0.1) is 0 Å². The number of rotatable bonds is 9. The molecule has 0 bridgehead atoms. The summed E-state index contributed by atoms with van der Waals surface area (Å²) in [5.41, 5.74) is 0. The minimum Gasteiger partial charge on any atom is -0.481 e. The molecule has 1 aromatic carbocycles. The van der Waals surface area contributed by atoms with Crippen LogP contribution in [0.2, 0.25) is 0 Å². The van der Waals surface area contributed by atoms with Crippen LogP contribution in [0.25, 0.3) is 0 Å². The number of carboxylic acid groups (broad SMARTS) is 1. The number of unbranched alkanes of at least 4 members (excludes halogenated alkanes) is 1. The summed E-state index contributed by atoms with van der Waals surface area (Å²) in [6.07, 6.45) is 1.73. The largest absolute Gasteiger partial charge is 0.481 e. The normalized spacial score (nSPS) is 10.1. The number of thioether (sulfide) groups is 1. The summed E-state index contributed by atoms with van der Waals surface area (Å²) in [7, 11) is 0. The Morgan fingerprint density at radius 1 is 1.11 bits per heavy atom. The van der Waals surface area contributed by atoms with Gasteiger partial charge in [0.1, 0.15) is 0 Å². The Bertz CT molecular complexity index is 395. The van der Waals surface area contributed by atoms with E-state index in [4.69, 9.17) is 5.11 Å². The van der Waals surface area contributed by atoms with Crippen LogP contribution in [0, 0.1) is 0 Å². The van der Waals surface area contributed by atoms with Crippen molar-refractivity contribution >= 4 is 23.6 Å². The Balaban J connectivity index is 2.00. The SMILES string of the molecule is O=C(O)CCCCC(=O)NCCSc1ccccc1. The van der Waals surface area contributed by atoms with Gasteiger partial charge in [-0.2, -0.15) is 0 Å². The van der Waals surface area contributed by atoms with Crippen molar-refractivity contribution in [2.24, 2.45) is 0 Å². The van der Waals surface area contributed by atoms with Crippen LogP contribution in [-0.2, 0) is 9.59 Å². The van der Waals surface area contributed by atoms with Gasteiger partial charge in [0, 0.05) is 30.0 Å². The summed E-state index contributed by atoms with van der Waals surface area (Å²) in [5.74, 6) is 0.0314. The molecule has 0 fully saturated rings. The van der Waals surface area contributed by atoms with Crippen molar-refractivity contribution in [2.45, 2.75) is 30.6 Å². The lowest BCUT2D eigenvalue weighted by Gasteiger charge is -2.05. The molecule has 0 saturated carbocycles. The van der Waals surface area contributed by atoms with Crippen LogP contribution in [0.4, 0.5) is 0 Å². The highest BCUT2D eigenvalue weighted by atomic mass is 32.2. The zero-order valence-corrected chi connectivity index (χ0v) is 11.6. The molecule has 0 aromatic heterocycles. The third-order valence-electron chi connectivity index (χ3n) is 2.48. The van der Waals surface area contributed by atoms with Crippen LogP contribution in [-0.4, -0.2) is 29.3 Å². The molecule has 1 amide bonds. The first-order valence-corrected chi connectivity index (χ1v) is 7.33. The molecule has 0 radical (unpaired) electrons. The quantitative estimate of drug-likeness (QED) is 0.539. The second kappa shape index (κ2) is 9.44. The number of hydrogen-bond acceptors (Lipinski definition) is 3. The van der Waals surface area contributed by atoms with Gasteiger partial charge >= 0.3 is 5.97 Å². The molecule has 1 rings (SSSR count). The first-order valence-electron chi connectivity index (χ1n) is 6.35. The van der Waals surface area contributed by atoms with E-state index < -0.39 is 5.97 Å². The van der Waals surface area contributed by atoms with Gasteiger partial charge in [0.2, 0.25) is 5.91 Å². The van der Waals surface area contributed by atoms with Crippen LogP contribution >= 0.6 is 11.8 Å². The minimum atomic E-state index is -0.806. The fourth-order valence-corrected chi connectivity index (χ4v) is 2.32. The standard InChI is InChI=1S/C14H19NO3S/c16-13(8-4-5-9-14(17)18)15-10-11-19-12-6-2-1-3-7-12/h1-3,6-7H,4-5,8-11H2,(H,15,16)(H,17,18). The molecule has 0 saturated heterocycles. The predicted molar refractivity (Wildman–Crippen MR) is 76.3 cm³/mol. The third-order valence-corrected chi connectivity index (χ3v) is 3.49. The number of carboxylic acids is 1. The van der Waals surface area contributed by atoms with Crippen molar-refractivity contribution in [1.82, 2.24) is 5.32 Å².